The van der Waals surface area contributed by atoms with Crippen LogP contribution in [0, 0.1) is 55.4 Å². The molecule has 0 amide bonds. The van der Waals surface area contributed by atoms with Crippen molar-refractivity contribution >= 4 is 16.4 Å². The maximum absolute atomic E-state index is 2.23. The molecule has 0 N–H and O–H groups in total. The zero-order valence-corrected chi connectivity index (χ0v) is 19.3. The zero-order valence-electron chi connectivity index (χ0n) is 14.3. The van der Waals surface area contributed by atoms with E-state index >= 15 is 0 Å². The summed E-state index contributed by atoms with van der Waals surface area (Å²) in [7, 11) is 1.95. The number of aryl methyl sites for hydroxylation is 4. The van der Waals surface area contributed by atoms with E-state index in [0.29, 0.717) is 0 Å². The number of rotatable bonds is 0. The minimum atomic E-state index is 0. The van der Waals surface area contributed by atoms with Gasteiger partial charge < -0.3 is 24.8 Å². The Labute approximate surface area is 161 Å². The molecule has 0 spiro atoms. The van der Waals surface area contributed by atoms with Crippen LogP contribution in [0.1, 0.15) is 43.4 Å². The standard InChI is InChI=1S/2C8H13P.2ClH.Ti/c2*1-5-6(2)8(4)9-7(5)3;;;/h2*9H,1-4H3;2*1H;/q;;;;+2/p-2. The van der Waals surface area contributed by atoms with Crippen molar-refractivity contribution in [3.63, 3.8) is 0 Å². The van der Waals surface area contributed by atoms with Gasteiger partial charge in [0, 0.05) is 0 Å². The van der Waals surface area contributed by atoms with Gasteiger partial charge in [-0.15, -0.1) is 16.4 Å². The molecule has 0 aliphatic carbocycles. The van der Waals surface area contributed by atoms with Crippen molar-refractivity contribution < 1.29 is 46.5 Å². The number of halogens is 2. The molecule has 2 heterocycles. The van der Waals surface area contributed by atoms with Crippen molar-refractivity contribution in [2.24, 2.45) is 0 Å². The molecule has 0 aliphatic heterocycles. The van der Waals surface area contributed by atoms with Gasteiger partial charge in [0.2, 0.25) is 0 Å². The van der Waals surface area contributed by atoms with Gasteiger partial charge in [-0.25, -0.2) is 0 Å². The van der Waals surface area contributed by atoms with Gasteiger partial charge in [0.25, 0.3) is 0 Å². The summed E-state index contributed by atoms with van der Waals surface area (Å²) < 4.78 is 0. The molecule has 118 valence electrons. The van der Waals surface area contributed by atoms with Gasteiger partial charge >= 0.3 is 21.7 Å². The van der Waals surface area contributed by atoms with Crippen LogP contribution in [-0.2, 0) is 21.7 Å². The van der Waals surface area contributed by atoms with Crippen LogP contribution < -0.4 is 24.8 Å². The fourth-order valence-corrected chi connectivity index (χ4v) is 4.69. The molecule has 0 saturated carbocycles. The summed E-state index contributed by atoms with van der Waals surface area (Å²) in [6.45, 7) is 17.8. The minimum Gasteiger partial charge on any atom is -1.00 e. The topological polar surface area (TPSA) is 0 Å². The summed E-state index contributed by atoms with van der Waals surface area (Å²) in [6, 6.07) is 0. The first-order valence-electron chi connectivity index (χ1n) is 6.50. The van der Waals surface area contributed by atoms with Crippen LogP contribution in [0.25, 0.3) is 0 Å². The van der Waals surface area contributed by atoms with Crippen molar-refractivity contribution in [3.8, 4) is 0 Å². The third-order valence-corrected chi connectivity index (χ3v) is 7.12. The van der Waals surface area contributed by atoms with Crippen LogP contribution in [0.5, 0.6) is 0 Å². The summed E-state index contributed by atoms with van der Waals surface area (Å²) in [5, 5.41) is 6.30. The number of hydrogen-bond acceptors (Lipinski definition) is 0. The van der Waals surface area contributed by atoms with E-state index in [4.69, 9.17) is 0 Å². The zero-order chi connectivity index (χ0) is 14.0. The smallest absolute Gasteiger partial charge is 1.00 e. The predicted octanol–water partition coefficient (Wildman–Crippen LogP) is -0.0913. The summed E-state index contributed by atoms with van der Waals surface area (Å²) in [5.41, 5.74) is 6.08. The van der Waals surface area contributed by atoms with Gasteiger partial charge in [0.15, 0.2) is 0 Å². The number of hydrogen-bond donors (Lipinski definition) is 0. The normalized spacial score (nSPS) is 8.76. The molecule has 5 heteroatoms. The van der Waals surface area contributed by atoms with Crippen LogP contribution in [0.3, 0.4) is 0 Å². The molecule has 0 unspecified atom stereocenters. The van der Waals surface area contributed by atoms with Gasteiger partial charge in [-0.3, -0.25) is 0 Å². The molecular weight excluding hydrogens is 373 g/mol. The maximum atomic E-state index is 2.23. The first-order chi connectivity index (χ1) is 8.25. The molecule has 0 saturated heterocycles. The van der Waals surface area contributed by atoms with E-state index in [1.165, 1.54) is 22.3 Å². The molecule has 0 radical (unpaired) electrons. The minimum absolute atomic E-state index is 0. The van der Waals surface area contributed by atoms with E-state index in [9.17, 15) is 0 Å². The van der Waals surface area contributed by atoms with Crippen molar-refractivity contribution in [3.05, 3.63) is 43.4 Å². The summed E-state index contributed by atoms with van der Waals surface area (Å²) in [4.78, 5) is 0. The SMILES string of the molecule is Cc1[pH]c(C)c(C)c1C.Cc1[pH]c(C)c(C)c1C.[Cl-].[Cl-].[Ti+2]. The molecule has 2 rings (SSSR count). The molecule has 2 aromatic rings. The molecular formula is C16H26Cl2P2Ti. The maximum Gasteiger partial charge on any atom is 2.00 e. The van der Waals surface area contributed by atoms with E-state index in [-0.39, 0.29) is 46.5 Å². The van der Waals surface area contributed by atoms with Crippen LogP contribution in [-0.4, -0.2) is 0 Å². The van der Waals surface area contributed by atoms with E-state index in [0.717, 1.165) is 16.4 Å². The summed E-state index contributed by atoms with van der Waals surface area (Å²) in [6.07, 6.45) is 0. The Morgan fingerprint density at radius 2 is 0.571 bits per heavy atom. The Balaban J connectivity index is -0.000000270. The molecule has 21 heavy (non-hydrogen) atoms. The summed E-state index contributed by atoms with van der Waals surface area (Å²) >= 11 is 0. The van der Waals surface area contributed by atoms with Crippen molar-refractivity contribution in [1.29, 1.82) is 0 Å². The molecule has 0 aromatic carbocycles. The second kappa shape index (κ2) is 11.4. The molecule has 0 fully saturated rings. The Hall–Kier alpha value is 0.854. The van der Waals surface area contributed by atoms with Crippen LogP contribution in [0.15, 0.2) is 0 Å². The van der Waals surface area contributed by atoms with Crippen molar-refractivity contribution in [1.82, 2.24) is 0 Å². The van der Waals surface area contributed by atoms with Crippen molar-refractivity contribution in [2.45, 2.75) is 55.4 Å². The average Bonchev–Trinajstić information content (AvgIpc) is 2.66. The molecule has 2 aromatic heterocycles. The Morgan fingerprint density at radius 1 is 0.429 bits per heavy atom. The fourth-order valence-electron chi connectivity index (χ4n) is 2.06. The predicted molar refractivity (Wildman–Crippen MR) is 89.8 cm³/mol. The van der Waals surface area contributed by atoms with Crippen molar-refractivity contribution in [2.75, 3.05) is 0 Å². The van der Waals surface area contributed by atoms with E-state index in [2.05, 4.69) is 55.4 Å². The second-order valence-corrected chi connectivity index (χ2v) is 8.75. The third-order valence-electron chi connectivity index (χ3n) is 4.12. The van der Waals surface area contributed by atoms with Gasteiger partial charge in [-0.2, -0.15) is 0 Å². The molecule has 0 nitrogen and oxygen atoms in total. The van der Waals surface area contributed by atoms with Gasteiger partial charge in [-0.1, -0.05) is 0 Å². The largest absolute Gasteiger partial charge is 2.00 e. The molecule has 0 atom stereocenters. The third kappa shape index (κ3) is 6.87. The van der Waals surface area contributed by atoms with Crippen LogP contribution in [0.2, 0.25) is 0 Å². The summed E-state index contributed by atoms with van der Waals surface area (Å²) in [5.74, 6) is 0. The Kier molecular flexibility index (Phi) is 14.5. The Bertz CT molecular complexity index is 462. The van der Waals surface area contributed by atoms with Gasteiger partial charge in [0.1, 0.15) is 0 Å². The van der Waals surface area contributed by atoms with Crippen LogP contribution in [0.4, 0.5) is 0 Å². The quantitative estimate of drug-likeness (QED) is 0.544. The van der Waals surface area contributed by atoms with Gasteiger partial charge in [-0.05, 0) is 98.8 Å². The monoisotopic (exact) mass is 398 g/mol. The van der Waals surface area contributed by atoms with Gasteiger partial charge in [0.05, 0.1) is 0 Å². The van der Waals surface area contributed by atoms with E-state index < -0.39 is 0 Å². The van der Waals surface area contributed by atoms with E-state index in [1.807, 2.05) is 0 Å². The first kappa shape index (κ1) is 26.7. The van der Waals surface area contributed by atoms with E-state index in [1.54, 1.807) is 21.2 Å². The Morgan fingerprint density at radius 3 is 0.619 bits per heavy atom. The molecule has 0 aliphatic rings. The molecule has 0 bridgehead atoms. The first-order valence-corrected chi connectivity index (χ1v) is 8.50. The average molecular weight is 399 g/mol. The second-order valence-electron chi connectivity index (χ2n) is 5.25. The van der Waals surface area contributed by atoms with Crippen LogP contribution >= 0.6 is 16.4 Å². The fraction of sp³-hybridized carbons (Fsp3) is 0.500.